The van der Waals surface area contributed by atoms with Gasteiger partial charge in [-0.15, -0.1) is 4.09 Å². The van der Waals surface area contributed by atoms with Gasteiger partial charge in [0.15, 0.2) is 5.65 Å². The summed E-state index contributed by atoms with van der Waals surface area (Å²) in [7, 11) is -3.97. The molecule has 0 unspecified atom stereocenters. The summed E-state index contributed by atoms with van der Waals surface area (Å²) < 4.78 is 33.3. The van der Waals surface area contributed by atoms with E-state index in [9.17, 15) is 8.42 Å². The van der Waals surface area contributed by atoms with Crippen molar-refractivity contribution in [1.82, 2.24) is 14.2 Å². The molecule has 0 spiro atoms. The van der Waals surface area contributed by atoms with E-state index in [0.29, 0.717) is 34.0 Å². The van der Waals surface area contributed by atoms with Crippen LogP contribution in [-0.4, -0.2) is 29.2 Å². The smallest absolute Gasteiger partial charge is 0.284 e. The van der Waals surface area contributed by atoms with Crippen molar-refractivity contribution < 1.29 is 13.2 Å². The Morgan fingerprint density at radius 3 is 2.52 bits per heavy atom. The summed E-state index contributed by atoms with van der Waals surface area (Å²) >= 11 is 6.44. The highest BCUT2D eigenvalue weighted by atomic mass is 35.5. The number of nitrogens with zero attached hydrogens (tertiary/aromatic N) is 3. The summed E-state index contributed by atoms with van der Waals surface area (Å²) in [6.45, 7) is 4.23. The minimum Gasteiger partial charge on any atom is -0.493 e. The van der Waals surface area contributed by atoms with Crippen molar-refractivity contribution in [3.05, 3.63) is 71.4 Å². The third-order valence-corrected chi connectivity index (χ3v) is 6.37. The van der Waals surface area contributed by atoms with Crippen LogP contribution in [-0.2, 0) is 10.0 Å². The number of halogens is 1. The topological polar surface area (TPSA) is 74.1 Å². The molecule has 4 rings (SSSR count). The number of aryl methyl sites for hydroxylation is 1. The van der Waals surface area contributed by atoms with Gasteiger partial charge in [0.2, 0.25) is 0 Å². The van der Waals surface area contributed by atoms with Crippen LogP contribution in [0.3, 0.4) is 0 Å². The molecule has 0 radical (unpaired) electrons. The molecule has 29 heavy (non-hydrogen) atoms. The maximum Gasteiger partial charge on any atom is 0.284 e. The van der Waals surface area contributed by atoms with Crippen molar-refractivity contribution in [3.63, 3.8) is 0 Å². The number of benzene rings is 2. The third kappa shape index (κ3) is 3.36. The number of ether oxygens (including phenoxy) is 1. The molecule has 148 valence electrons. The van der Waals surface area contributed by atoms with Gasteiger partial charge in [0.05, 0.1) is 21.9 Å². The number of rotatable bonds is 5. The Morgan fingerprint density at radius 2 is 1.79 bits per heavy atom. The molecule has 0 saturated heterocycles. The Labute approximate surface area is 173 Å². The molecule has 0 saturated carbocycles. The van der Waals surface area contributed by atoms with Crippen LogP contribution in [0, 0.1) is 6.92 Å². The molecule has 4 aromatic rings. The van der Waals surface area contributed by atoms with Crippen LogP contribution < -0.4 is 4.74 Å². The molecule has 0 aliphatic rings. The summed E-state index contributed by atoms with van der Waals surface area (Å²) in [5.74, 6) is 0.592. The maximum atomic E-state index is 13.3. The highest BCUT2D eigenvalue weighted by Gasteiger charge is 2.26. The molecule has 0 aliphatic heterocycles. The zero-order chi connectivity index (χ0) is 20.6. The lowest BCUT2D eigenvalue weighted by Gasteiger charge is -2.08. The van der Waals surface area contributed by atoms with Crippen LogP contribution in [0.15, 0.2) is 65.7 Å². The fraction of sp³-hybridized carbons (Fsp3) is 0.143. The molecular formula is C21H18ClN3O3S. The summed E-state index contributed by atoms with van der Waals surface area (Å²) in [4.78, 5) is 4.39. The van der Waals surface area contributed by atoms with E-state index in [1.807, 2.05) is 38.1 Å². The molecule has 0 N–H and O–H groups in total. The Balaban J connectivity index is 2.02. The van der Waals surface area contributed by atoms with Crippen LogP contribution in [0.4, 0.5) is 0 Å². The van der Waals surface area contributed by atoms with Gasteiger partial charge in [0.1, 0.15) is 11.4 Å². The number of hydrogen-bond donors (Lipinski definition) is 0. The van der Waals surface area contributed by atoms with Gasteiger partial charge >= 0.3 is 0 Å². The fourth-order valence-electron chi connectivity index (χ4n) is 3.09. The van der Waals surface area contributed by atoms with Crippen LogP contribution >= 0.6 is 11.6 Å². The quantitative estimate of drug-likeness (QED) is 0.461. The summed E-state index contributed by atoms with van der Waals surface area (Å²) in [5, 5.41) is 5.25. The predicted octanol–water partition coefficient (Wildman–Crippen LogP) is 4.70. The van der Waals surface area contributed by atoms with Crippen LogP contribution in [0.1, 0.15) is 12.5 Å². The Bertz CT molecular complexity index is 1300. The number of fused-ring (bicyclic) bond motifs is 1. The first-order chi connectivity index (χ1) is 13.9. The highest BCUT2D eigenvalue weighted by molar-refractivity contribution is 7.90. The molecule has 2 heterocycles. The highest BCUT2D eigenvalue weighted by Crippen LogP contribution is 2.38. The Kier molecular flexibility index (Phi) is 5.02. The van der Waals surface area contributed by atoms with Crippen molar-refractivity contribution in [3.8, 4) is 17.0 Å². The largest absolute Gasteiger partial charge is 0.493 e. The van der Waals surface area contributed by atoms with E-state index in [-0.39, 0.29) is 10.5 Å². The first kappa shape index (κ1) is 19.4. The van der Waals surface area contributed by atoms with Crippen LogP contribution in [0.2, 0.25) is 5.02 Å². The number of hydrogen-bond acceptors (Lipinski definition) is 5. The maximum absolute atomic E-state index is 13.3. The van der Waals surface area contributed by atoms with E-state index >= 15 is 0 Å². The third-order valence-electron chi connectivity index (χ3n) is 4.48. The van der Waals surface area contributed by atoms with Crippen molar-refractivity contribution in [2.75, 3.05) is 6.61 Å². The minimum atomic E-state index is -3.97. The second kappa shape index (κ2) is 7.50. The van der Waals surface area contributed by atoms with Crippen molar-refractivity contribution >= 4 is 32.7 Å². The van der Waals surface area contributed by atoms with Gasteiger partial charge in [0, 0.05) is 11.8 Å². The lowest BCUT2D eigenvalue weighted by Crippen LogP contribution is -2.15. The van der Waals surface area contributed by atoms with Gasteiger partial charge in [0.25, 0.3) is 10.0 Å². The Morgan fingerprint density at radius 1 is 1.07 bits per heavy atom. The molecule has 2 aromatic carbocycles. The lowest BCUT2D eigenvalue weighted by molar-refractivity contribution is 0.341. The summed E-state index contributed by atoms with van der Waals surface area (Å²) in [6, 6.07) is 15.5. The molecule has 2 aromatic heterocycles. The van der Waals surface area contributed by atoms with Crippen molar-refractivity contribution in [2.45, 2.75) is 18.7 Å². The average Bonchev–Trinajstić information content (AvgIpc) is 3.11. The first-order valence-corrected chi connectivity index (χ1v) is 10.8. The molecule has 8 heteroatoms. The van der Waals surface area contributed by atoms with Crippen LogP contribution in [0.25, 0.3) is 22.3 Å². The second-order valence-corrected chi connectivity index (χ2v) is 8.60. The summed E-state index contributed by atoms with van der Waals surface area (Å²) in [6.07, 6.45) is 1.46. The monoisotopic (exact) mass is 427 g/mol. The average molecular weight is 428 g/mol. The van der Waals surface area contributed by atoms with Gasteiger partial charge in [-0.25, -0.2) is 4.98 Å². The number of para-hydroxylation sites is 1. The van der Waals surface area contributed by atoms with E-state index in [4.69, 9.17) is 16.3 Å². The number of pyridine rings is 1. The SMILES string of the molecule is CCOc1ccccc1-c1nn(S(=O)(=O)c2ccc(C)cc2)c2nccc(Cl)c12. The standard InChI is InChI=1S/C21H18ClN3O3S/c1-3-28-18-7-5-4-6-16(18)20-19-17(22)12-13-23-21(19)25(24-20)29(26,27)15-10-8-14(2)9-11-15/h4-13H,3H2,1-2H3. The van der Waals surface area contributed by atoms with E-state index in [2.05, 4.69) is 10.1 Å². The molecule has 0 fully saturated rings. The molecule has 0 aliphatic carbocycles. The predicted molar refractivity (Wildman–Crippen MR) is 113 cm³/mol. The van der Waals surface area contributed by atoms with Crippen molar-refractivity contribution in [2.24, 2.45) is 0 Å². The van der Waals surface area contributed by atoms with E-state index in [1.54, 1.807) is 30.3 Å². The minimum absolute atomic E-state index is 0.124. The zero-order valence-electron chi connectivity index (χ0n) is 15.8. The molecule has 0 amide bonds. The first-order valence-electron chi connectivity index (χ1n) is 9.01. The van der Waals surface area contributed by atoms with Crippen LogP contribution in [0.5, 0.6) is 5.75 Å². The molecular weight excluding hydrogens is 410 g/mol. The molecule has 6 nitrogen and oxygen atoms in total. The zero-order valence-corrected chi connectivity index (χ0v) is 17.4. The van der Waals surface area contributed by atoms with E-state index < -0.39 is 10.0 Å². The van der Waals surface area contributed by atoms with Crippen molar-refractivity contribution in [1.29, 1.82) is 0 Å². The van der Waals surface area contributed by atoms with Gasteiger partial charge in [-0.3, -0.25) is 0 Å². The number of aromatic nitrogens is 3. The Hall–Kier alpha value is -2.90. The lowest BCUT2D eigenvalue weighted by atomic mass is 10.1. The van der Waals surface area contributed by atoms with E-state index in [1.165, 1.54) is 6.20 Å². The van der Waals surface area contributed by atoms with Gasteiger partial charge in [-0.2, -0.15) is 13.5 Å². The fourth-order valence-corrected chi connectivity index (χ4v) is 4.56. The summed E-state index contributed by atoms with van der Waals surface area (Å²) in [5.41, 5.74) is 2.17. The van der Waals surface area contributed by atoms with Gasteiger partial charge < -0.3 is 4.74 Å². The van der Waals surface area contributed by atoms with E-state index in [0.717, 1.165) is 9.65 Å². The van der Waals surface area contributed by atoms with Gasteiger partial charge in [-0.05, 0) is 44.2 Å². The normalized spacial score (nSPS) is 11.7. The molecule has 0 atom stereocenters. The molecule has 0 bridgehead atoms. The second-order valence-electron chi connectivity index (χ2n) is 6.43. The van der Waals surface area contributed by atoms with Gasteiger partial charge in [-0.1, -0.05) is 41.4 Å².